The molecule has 5 aliphatic rings. The Morgan fingerprint density at radius 3 is 1.12 bits per heavy atom. The molecular weight excluding hydrogens is 1430 g/mol. The number of nitrogens with one attached hydrogen (secondary N) is 1. The SMILES string of the molecule is Nc1ccn([C@H]2C[C@H](OP(=O)(O)OC[C@H]3O[C@@H](n4ccc(N)nc4=O)C[C@@H]3OP(=O)(O)OC[C@H]3O[C@@H](n4ccc(N)nc4=O)C[C@@H]3OP(=O)(O)OC[C@H]3O[C@@H](n4cnc5c(=O)[nH]c(N)nc54)C[C@@H]3OP(=O)(O)OC[C@H]3O[C@@H](n4ccc(N)nc4=O)C[C@@H]3O)[C@@H](CO[P+](=O)O)O2)c(=O)n1. The maximum absolute atomic E-state index is 14.1. The summed E-state index contributed by atoms with van der Waals surface area (Å²) >= 11 is 0. The van der Waals surface area contributed by atoms with E-state index in [0.717, 1.165) is 37.0 Å². The summed E-state index contributed by atoms with van der Waals surface area (Å²) in [6.45, 7) is -4.69. The molecule has 11 rings (SSSR count). The molecule has 11 heterocycles. The summed E-state index contributed by atoms with van der Waals surface area (Å²) in [5, 5.41) is 10.8. The molecule has 534 valence electrons. The fourth-order valence-electron chi connectivity index (χ4n) is 10.9. The van der Waals surface area contributed by atoms with E-state index < -0.39 is 212 Å². The topological polar surface area (TPSA) is 669 Å². The Morgan fingerprint density at radius 2 is 0.786 bits per heavy atom. The lowest BCUT2D eigenvalue weighted by Crippen LogP contribution is -2.32. The summed E-state index contributed by atoms with van der Waals surface area (Å²) in [4.78, 5) is 143. The first kappa shape index (κ1) is 72.3. The number of nitrogens with two attached hydrogens (primary N) is 5. The lowest BCUT2D eigenvalue weighted by atomic mass is 10.2. The molecule has 0 saturated carbocycles. The third-order valence-corrected chi connectivity index (χ3v) is 19.8. The largest absolute Gasteiger partial charge is 0.694 e. The number of phosphoric ester groups is 4. The standard InChI is InChI=1S/C46H60N17O30P5/c47-30-1-5-59(43(66)53-30)34-9-20(64)25(85-34)15-81-95(72,73)93-24-13-38(63-19-52-39-40(63)57-42(51)58-41(39)65)89-29(24)18-84-98(78,79)92-23-12-37(62-8-4-33(50)56-46(62)69)88-28(23)17-83-97(76,77)91-22-11-36(61-7-3-32(49)55-45(61)68)87-27(22)16-82-96(74,75)90-21-10-35(86-26(21)14-80-94(70)71)60-6-2-31(48)54-44(60)67/h1-8,19-29,34-38,64H,9-18H2,(H15-,47,48,49,50,51,53,54,55,56,57,58,65,66,67,68,69,70,71,72,73,74,75,76,77,78,79)/p+1/t20-,21-,22-,23-,24-,25+,26+,27+,28+,29+,34+,35+,36+,37+,38+/m0/s1. The van der Waals surface area contributed by atoms with E-state index in [9.17, 15) is 76.4 Å². The third kappa shape index (κ3) is 17.4. The van der Waals surface area contributed by atoms with E-state index in [2.05, 4.69) is 34.9 Å². The molecule has 17 N–H and O–H groups in total. The highest BCUT2D eigenvalue weighted by molar-refractivity contribution is 7.48. The maximum Gasteiger partial charge on any atom is 0.694 e. The summed E-state index contributed by atoms with van der Waals surface area (Å²) in [5.74, 6) is -1.01. The molecule has 0 amide bonds. The Kier molecular flexibility index (Phi) is 21.7. The van der Waals surface area contributed by atoms with E-state index in [0.29, 0.717) is 0 Å². The first-order valence-electron chi connectivity index (χ1n) is 28.7. The number of aromatic nitrogens is 12. The second-order valence-corrected chi connectivity index (χ2v) is 28.4. The molecule has 6 aromatic heterocycles. The molecule has 0 radical (unpaired) electrons. The van der Waals surface area contributed by atoms with Crippen LogP contribution in [0, 0.1) is 0 Å². The van der Waals surface area contributed by atoms with E-state index >= 15 is 0 Å². The van der Waals surface area contributed by atoms with Gasteiger partial charge in [-0.3, -0.25) is 68.8 Å². The second-order valence-electron chi connectivity index (χ2n) is 22.0. The number of aromatic amines is 1. The van der Waals surface area contributed by atoms with Gasteiger partial charge in [-0.25, -0.2) is 42.4 Å². The molecule has 20 atom stereocenters. The zero-order valence-electron chi connectivity index (χ0n) is 50.0. The number of hydrogen-bond acceptors (Lipinski definition) is 36. The van der Waals surface area contributed by atoms with Crippen molar-refractivity contribution in [1.82, 2.24) is 57.7 Å². The van der Waals surface area contributed by atoms with Gasteiger partial charge in [-0.15, -0.1) is 9.42 Å². The molecule has 0 aliphatic carbocycles. The van der Waals surface area contributed by atoms with Gasteiger partial charge in [0.1, 0.15) is 116 Å². The molecule has 98 heavy (non-hydrogen) atoms. The molecule has 5 unspecified atom stereocenters. The predicted octanol–water partition coefficient (Wildman–Crippen LogP) is -2.47. The van der Waals surface area contributed by atoms with Gasteiger partial charge in [0.2, 0.25) is 5.95 Å². The highest BCUT2D eigenvalue weighted by atomic mass is 31.2. The number of H-pyrrole nitrogens is 1. The number of nitrogens with zero attached hydrogens (tertiary/aromatic N) is 11. The smallest absolute Gasteiger partial charge is 0.390 e. The first-order valence-corrected chi connectivity index (χ1v) is 35.8. The fourth-order valence-corrected chi connectivity index (χ4v) is 15.0. The minimum Gasteiger partial charge on any atom is -0.390 e. The molecule has 6 aromatic rings. The van der Waals surface area contributed by atoms with Crippen molar-refractivity contribution in [2.24, 2.45) is 0 Å². The van der Waals surface area contributed by atoms with Gasteiger partial charge in [0.25, 0.3) is 5.56 Å². The van der Waals surface area contributed by atoms with Gasteiger partial charge in [-0.05, 0) is 24.3 Å². The number of aliphatic hydroxyl groups excluding tert-OH is 1. The van der Waals surface area contributed by atoms with Crippen LogP contribution in [0.1, 0.15) is 63.2 Å². The quantitative estimate of drug-likeness (QED) is 0.0227. The predicted molar refractivity (Wildman–Crippen MR) is 321 cm³/mol. The van der Waals surface area contributed by atoms with Crippen molar-refractivity contribution >= 4 is 79.9 Å². The van der Waals surface area contributed by atoms with Crippen LogP contribution >= 0.6 is 39.5 Å². The van der Waals surface area contributed by atoms with Crippen molar-refractivity contribution in [3.63, 3.8) is 0 Å². The van der Waals surface area contributed by atoms with E-state index in [4.69, 9.17) is 93.1 Å². The summed E-state index contributed by atoms with van der Waals surface area (Å²) < 4.78 is 150. The van der Waals surface area contributed by atoms with Gasteiger partial charge >= 0.3 is 62.3 Å². The van der Waals surface area contributed by atoms with Crippen LogP contribution in [0.4, 0.5) is 29.2 Å². The van der Waals surface area contributed by atoms with Gasteiger partial charge in [-0.1, -0.05) is 0 Å². The molecule has 47 nitrogen and oxygen atoms in total. The highest BCUT2D eigenvalue weighted by Crippen LogP contribution is 2.55. The zero-order chi connectivity index (χ0) is 70.3. The van der Waals surface area contributed by atoms with Crippen LogP contribution < -0.4 is 57.0 Å². The van der Waals surface area contributed by atoms with Crippen LogP contribution in [0.5, 0.6) is 0 Å². The van der Waals surface area contributed by atoms with Crippen LogP contribution in [0.3, 0.4) is 0 Å². The van der Waals surface area contributed by atoms with Crippen LogP contribution in [0.15, 0.2) is 79.4 Å². The van der Waals surface area contributed by atoms with Crippen molar-refractivity contribution in [3.05, 3.63) is 108 Å². The van der Waals surface area contributed by atoms with Crippen molar-refractivity contribution in [2.75, 3.05) is 61.7 Å². The maximum atomic E-state index is 14.1. The molecule has 5 fully saturated rings. The highest BCUT2D eigenvalue weighted by Gasteiger charge is 2.50. The van der Waals surface area contributed by atoms with Crippen LogP contribution in [-0.4, -0.2) is 181 Å². The molecule has 0 bridgehead atoms. The Hall–Kier alpha value is -6.91. The number of hydrogen-bond donors (Lipinski definition) is 12. The summed E-state index contributed by atoms with van der Waals surface area (Å²) in [6, 6.07) is 4.94. The normalized spacial score (nSPS) is 29.9. The number of imidazole rings is 1. The number of aliphatic hydroxyl groups is 1. The second kappa shape index (κ2) is 29.3. The number of ether oxygens (including phenoxy) is 5. The number of anilines is 5. The number of nitrogen functional groups attached to an aromatic ring is 5. The number of rotatable bonds is 28. The van der Waals surface area contributed by atoms with Gasteiger partial charge in [0.05, 0.1) is 38.9 Å². The van der Waals surface area contributed by atoms with Crippen LogP contribution in [-0.2, 0) is 87.2 Å². The third-order valence-electron chi connectivity index (χ3n) is 15.4. The Balaban J connectivity index is 0.778. The Morgan fingerprint density at radius 1 is 0.480 bits per heavy atom. The number of phosphoric acid groups is 4. The van der Waals surface area contributed by atoms with Gasteiger partial charge in [0.15, 0.2) is 11.2 Å². The van der Waals surface area contributed by atoms with E-state index in [1.807, 2.05) is 0 Å². The molecule has 0 spiro atoms. The average molecular weight is 1490 g/mol. The van der Waals surface area contributed by atoms with Crippen molar-refractivity contribution in [3.8, 4) is 0 Å². The molecule has 52 heteroatoms. The van der Waals surface area contributed by atoms with Crippen LogP contribution in [0.2, 0.25) is 0 Å². The first-order chi connectivity index (χ1) is 46.2. The van der Waals surface area contributed by atoms with E-state index in [1.165, 1.54) is 41.2 Å². The molecule has 5 aliphatic heterocycles. The lowest BCUT2D eigenvalue weighted by molar-refractivity contribution is -0.0643. The number of fused-ring (bicyclic) bond motifs is 1. The Labute approximate surface area is 546 Å². The van der Waals surface area contributed by atoms with Gasteiger partial charge in [0, 0.05) is 61.5 Å². The zero-order valence-corrected chi connectivity index (χ0v) is 54.4. The minimum absolute atomic E-state index is 0.0880. The average Bonchev–Trinajstić information content (AvgIpc) is 1.63. The summed E-state index contributed by atoms with van der Waals surface area (Å²) in [7, 11) is -24.9. The molecule has 5 saturated heterocycles. The molecular formula is C46H61N17O30P5+. The van der Waals surface area contributed by atoms with Crippen molar-refractivity contribution in [1.29, 1.82) is 0 Å². The summed E-state index contributed by atoms with van der Waals surface area (Å²) in [5.41, 5.74) is 23.5. The van der Waals surface area contributed by atoms with Crippen molar-refractivity contribution < 1.29 is 117 Å². The Bertz CT molecular complexity index is 4470. The fraction of sp³-hybridized carbons (Fsp3) is 0.543. The lowest BCUT2D eigenvalue weighted by Gasteiger charge is -2.25. The van der Waals surface area contributed by atoms with Crippen molar-refractivity contribution in [2.45, 2.75) is 124 Å². The van der Waals surface area contributed by atoms with Gasteiger partial charge < -0.3 is 77.0 Å². The van der Waals surface area contributed by atoms with Gasteiger partial charge in [-0.2, -0.15) is 24.9 Å². The van der Waals surface area contributed by atoms with Crippen LogP contribution in [0.25, 0.3) is 11.2 Å². The monoisotopic (exact) mass is 1490 g/mol. The van der Waals surface area contributed by atoms with E-state index in [-0.39, 0.29) is 53.2 Å². The minimum atomic E-state index is -5.54. The summed E-state index contributed by atoms with van der Waals surface area (Å²) in [6.07, 6.45) is -18.5. The molecule has 0 aromatic carbocycles. The van der Waals surface area contributed by atoms with E-state index in [1.54, 1.807) is 0 Å².